The molecule has 1 nitrogen and oxygen atoms in total. The third-order valence-electron chi connectivity index (χ3n) is 1.27. The van der Waals surface area contributed by atoms with Gasteiger partial charge in [-0.1, -0.05) is 23.7 Å². The van der Waals surface area contributed by atoms with Crippen LogP contribution >= 0.6 is 22.9 Å². The molecule has 50 valence electrons. The molecule has 2 rings (SSSR count). The Morgan fingerprint density at radius 1 is 1.27 bits per heavy atom. The van der Waals surface area contributed by atoms with E-state index < -0.39 is 0 Å². The van der Waals surface area contributed by atoms with E-state index in [-0.39, 0.29) is 29.6 Å². The predicted octanol–water partition coefficient (Wildman–Crippen LogP) is -0.0463. The van der Waals surface area contributed by atoms with E-state index >= 15 is 0 Å². The average molecular weight is 193 g/mol. The molecule has 11 heavy (non-hydrogen) atoms. The third-order valence-corrected chi connectivity index (χ3v) is 2.41. The van der Waals surface area contributed by atoms with Crippen LogP contribution in [0.25, 0.3) is 10.2 Å². The summed E-state index contributed by atoms with van der Waals surface area (Å²) < 4.78 is 1.76. The smallest absolute Gasteiger partial charge is 0.225 e. The molecule has 0 saturated carbocycles. The SMILES string of the molecule is Clc1nc2ccccc2s1.[Na+]. The molecule has 0 radical (unpaired) electrons. The average Bonchev–Trinajstić information content (AvgIpc) is 2.27. The number of rotatable bonds is 0. The van der Waals surface area contributed by atoms with Gasteiger partial charge in [0.05, 0.1) is 10.2 Å². The van der Waals surface area contributed by atoms with Crippen LogP contribution in [0.5, 0.6) is 0 Å². The minimum Gasteiger partial charge on any atom is -0.225 e. The second kappa shape index (κ2) is 3.87. The first-order valence-corrected chi connectivity index (χ1v) is 4.07. The van der Waals surface area contributed by atoms with E-state index in [1.165, 1.54) is 11.3 Å². The van der Waals surface area contributed by atoms with Crippen LogP contribution < -0.4 is 29.6 Å². The van der Waals surface area contributed by atoms with Gasteiger partial charge in [0.15, 0.2) is 4.47 Å². The first-order chi connectivity index (χ1) is 4.86. The van der Waals surface area contributed by atoms with E-state index in [9.17, 15) is 0 Å². The normalized spacial score (nSPS) is 9.55. The van der Waals surface area contributed by atoms with Crippen molar-refractivity contribution in [3.8, 4) is 0 Å². The monoisotopic (exact) mass is 192 g/mol. The largest absolute Gasteiger partial charge is 1.00 e. The molecule has 4 heteroatoms. The molecule has 0 aliphatic heterocycles. The van der Waals surface area contributed by atoms with Crippen LogP contribution in [0.15, 0.2) is 24.3 Å². The summed E-state index contributed by atoms with van der Waals surface area (Å²) in [5.74, 6) is 0. The van der Waals surface area contributed by atoms with Gasteiger partial charge in [0, 0.05) is 0 Å². The number of fused-ring (bicyclic) bond motifs is 1. The Balaban J connectivity index is 0.000000605. The summed E-state index contributed by atoms with van der Waals surface area (Å²) in [5, 5.41) is 0. The van der Waals surface area contributed by atoms with Gasteiger partial charge in [-0.05, 0) is 12.1 Å². The van der Waals surface area contributed by atoms with Gasteiger partial charge < -0.3 is 0 Å². The molecule has 0 bridgehead atoms. The van der Waals surface area contributed by atoms with Crippen molar-refractivity contribution in [3.63, 3.8) is 0 Å². The van der Waals surface area contributed by atoms with Crippen molar-refractivity contribution in [1.82, 2.24) is 4.98 Å². The van der Waals surface area contributed by atoms with Crippen LogP contribution in [0.4, 0.5) is 0 Å². The van der Waals surface area contributed by atoms with E-state index in [4.69, 9.17) is 11.6 Å². The minimum atomic E-state index is 0. The number of aromatic nitrogens is 1. The van der Waals surface area contributed by atoms with Crippen LogP contribution in [0.3, 0.4) is 0 Å². The fourth-order valence-corrected chi connectivity index (χ4v) is 1.87. The van der Waals surface area contributed by atoms with Crippen LogP contribution in [0, 0.1) is 0 Å². The second-order valence-corrected chi connectivity index (χ2v) is 3.55. The molecule has 1 aromatic heterocycles. The molecule has 0 aliphatic carbocycles. The van der Waals surface area contributed by atoms with Crippen molar-refractivity contribution in [1.29, 1.82) is 0 Å². The van der Waals surface area contributed by atoms with Gasteiger partial charge in [-0.15, -0.1) is 11.3 Å². The Labute approximate surface area is 95.7 Å². The Kier molecular flexibility index (Phi) is 3.34. The Hall–Kier alpha value is 0.400. The van der Waals surface area contributed by atoms with Gasteiger partial charge in [0.2, 0.25) is 0 Å². The molecule has 0 N–H and O–H groups in total. The summed E-state index contributed by atoms with van der Waals surface area (Å²) in [5.41, 5.74) is 0.984. The maximum Gasteiger partial charge on any atom is 1.00 e. The van der Waals surface area contributed by atoms with E-state index in [1.807, 2.05) is 24.3 Å². The number of thiazole rings is 1. The Bertz CT molecular complexity index is 327. The first-order valence-electron chi connectivity index (χ1n) is 2.87. The summed E-state index contributed by atoms with van der Waals surface area (Å²) in [7, 11) is 0. The van der Waals surface area contributed by atoms with Gasteiger partial charge in [0.25, 0.3) is 0 Å². The van der Waals surface area contributed by atoms with E-state index in [0.29, 0.717) is 4.47 Å². The Morgan fingerprint density at radius 2 is 2.00 bits per heavy atom. The molecule has 1 heterocycles. The fourth-order valence-electron chi connectivity index (χ4n) is 0.844. The van der Waals surface area contributed by atoms with Gasteiger partial charge in [-0.25, -0.2) is 4.98 Å². The molecule has 0 unspecified atom stereocenters. The van der Waals surface area contributed by atoms with Crippen molar-refractivity contribution in [2.45, 2.75) is 0 Å². The molecule has 0 spiro atoms. The standard InChI is InChI=1S/C7H4ClNS.Na/c8-7-9-5-3-1-2-4-6(5)10-7;/h1-4H;/q;+1. The number of halogens is 1. The van der Waals surface area contributed by atoms with Crippen molar-refractivity contribution in [3.05, 3.63) is 28.7 Å². The van der Waals surface area contributed by atoms with Crippen molar-refractivity contribution >= 4 is 33.2 Å². The molecule has 1 aromatic carbocycles. The van der Waals surface area contributed by atoms with E-state index in [2.05, 4.69) is 4.98 Å². The summed E-state index contributed by atoms with van der Waals surface area (Å²) in [6, 6.07) is 7.91. The topological polar surface area (TPSA) is 12.9 Å². The maximum atomic E-state index is 5.69. The number of hydrogen-bond donors (Lipinski definition) is 0. The van der Waals surface area contributed by atoms with Crippen molar-refractivity contribution in [2.24, 2.45) is 0 Å². The van der Waals surface area contributed by atoms with Gasteiger partial charge in [0.1, 0.15) is 0 Å². The first kappa shape index (κ1) is 9.49. The zero-order valence-corrected chi connectivity index (χ0v) is 9.62. The molecule has 0 saturated heterocycles. The van der Waals surface area contributed by atoms with E-state index in [1.54, 1.807) is 0 Å². The Morgan fingerprint density at radius 3 is 2.73 bits per heavy atom. The summed E-state index contributed by atoms with van der Waals surface area (Å²) in [6.45, 7) is 0. The quantitative estimate of drug-likeness (QED) is 0.534. The zero-order valence-electron chi connectivity index (χ0n) is 6.04. The fraction of sp³-hybridized carbons (Fsp3) is 0. The number of benzene rings is 1. The van der Waals surface area contributed by atoms with Crippen molar-refractivity contribution in [2.75, 3.05) is 0 Å². The molecule has 0 amide bonds. The van der Waals surface area contributed by atoms with Gasteiger partial charge in [-0.2, -0.15) is 0 Å². The summed E-state index contributed by atoms with van der Waals surface area (Å²) in [4.78, 5) is 4.10. The number of para-hydroxylation sites is 1. The number of nitrogens with zero attached hydrogens (tertiary/aromatic N) is 1. The minimum absolute atomic E-state index is 0. The van der Waals surface area contributed by atoms with E-state index in [0.717, 1.165) is 10.2 Å². The number of hydrogen-bond acceptors (Lipinski definition) is 2. The van der Waals surface area contributed by atoms with Gasteiger partial charge in [-0.3, -0.25) is 0 Å². The van der Waals surface area contributed by atoms with Gasteiger partial charge >= 0.3 is 29.6 Å². The molecule has 2 aromatic rings. The molecule has 0 aliphatic rings. The van der Waals surface area contributed by atoms with Crippen LogP contribution in [0.2, 0.25) is 4.47 Å². The zero-order chi connectivity index (χ0) is 6.97. The van der Waals surface area contributed by atoms with Crippen LogP contribution in [0.1, 0.15) is 0 Å². The molecule has 0 atom stereocenters. The summed E-state index contributed by atoms with van der Waals surface area (Å²) in [6.07, 6.45) is 0. The molecule has 0 fully saturated rings. The molecular formula is C7H4ClNNaS+. The predicted molar refractivity (Wildman–Crippen MR) is 44.6 cm³/mol. The molecular weight excluding hydrogens is 189 g/mol. The third kappa shape index (κ3) is 1.95. The summed E-state index contributed by atoms with van der Waals surface area (Å²) >= 11 is 7.20. The van der Waals surface area contributed by atoms with Crippen LogP contribution in [-0.4, -0.2) is 4.98 Å². The maximum absolute atomic E-state index is 5.69. The second-order valence-electron chi connectivity index (χ2n) is 1.93. The van der Waals surface area contributed by atoms with Crippen molar-refractivity contribution < 1.29 is 29.6 Å². The van der Waals surface area contributed by atoms with Crippen LogP contribution in [-0.2, 0) is 0 Å².